The van der Waals surface area contributed by atoms with Crippen molar-refractivity contribution >= 4 is 28.9 Å². The average molecular weight is 397 g/mol. The van der Waals surface area contributed by atoms with Gasteiger partial charge in [0.25, 0.3) is 11.6 Å². The predicted molar refractivity (Wildman–Crippen MR) is 108 cm³/mol. The van der Waals surface area contributed by atoms with E-state index in [1.807, 2.05) is 18.2 Å². The number of hydrogen-bond donors (Lipinski definition) is 1. The Morgan fingerprint density at radius 1 is 1.11 bits per heavy atom. The normalized spacial score (nSPS) is 10.4. The van der Waals surface area contributed by atoms with Crippen LogP contribution in [0.3, 0.4) is 0 Å². The Kier molecular flexibility index (Phi) is 5.91. The zero-order valence-electron chi connectivity index (χ0n) is 15.0. The summed E-state index contributed by atoms with van der Waals surface area (Å²) in [4.78, 5) is 23.1. The molecule has 0 atom stereocenters. The van der Waals surface area contributed by atoms with E-state index in [1.54, 1.807) is 43.3 Å². The molecule has 0 aromatic heterocycles. The van der Waals surface area contributed by atoms with Gasteiger partial charge in [-0.3, -0.25) is 14.9 Å². The third kappa shape index (κ3) is 4.47. The maximum absolute atomic E-state index is 12.6. The van der Waals surface area contributed by atoms with Crippen molar-refractivity contribution in [1.29, 1.82) is 0 Å². The molecule has 7 heteroatoms. The molecule has 3 aromatic carbocycles. The van der Waals surface area contributed by atoms with Gasteiger partial charge in [-0.2, -0.15) is 0 Å². The highest BCUT2D eigenvalue weighted by Crippen LogP contribution is 2.26. The molecule has 28 heavy (non-hydrogen) atoms. The van der Waals surface area contributed by atoms with E-state index < -0.39 is 4.92 Å². The highest BCUT2D eigenvalue weighted by atomic mass is 35.5. The number of carbonyl (C=O) groups is 1. The summed E-state index contributed by atoms with van der Waals surface area (Å²) in [5, 5.41) is 14.4. The fourth-order valence-electron chi connectivity index (χ4n) is 2.65. The van der Waals surface area contributed by atoms with Crippen molar-refractivity contribution in [2.75, 3.05) is 5.32 Å². The monoisotopic (exact) mass is 396 g/mol. The molecule has 0 aliphatic heterocycles. The number of nitro benzene ring substituents is 1. The number of halogens is 1. The second-order valence-corrected chi connectivity index (χ2v) is 6.48. The fourth-order valence-corrected chi connectivity index (χ4v) is 2.85. The Balaban J connectivity index is 1.73. The number of benzene rings is 3. The molecule has 0 fully saturated rings. The first-order valence-corrected chi connectivity index (χ1v) is 8.85. The maximum atomic E-state index is 12.6. The summed E-state index contributed by atoms with van der Waals surface area (Å²) < 4.78 is 5.73. The van der Waals surface area contributed by atoms with E-state index in [-0.39, 0.29) is 18.2 Å². The van der Waals surface area contributed by atoms with E-state index in [1.165, 1.54) is 12.1 Å². The van der Waals surface area contributed by atoms with Gasteiger partial charge in [-0.15, -0.1) is 0 Å². The molecule has 0 aliphatic rings. The van der Waals surface area contributed by atoms with Crippen LogP contribution in [0.5, 0.6) is 5.75 Å². The number of nitrogens with zero attached hydrogens (tertiary/aromatic N) is 1. The van der Waals surface area contributed by atoms with Crippen LogP contribution in [0.2, 0.25) is 5.02 Å². The Morgan fingerprint density at radius 3 is 2.61 bits per heavy atom. The van der Waals surface area contributed by atoms with Crippen molar-refractivity contribution in [2.45, 2.75) is 13.5 Å². The molecule has 1 N–H and O–H groups in total. The molecule has 0 aliphatic carbocycles. The van der Waals surface area contributed by atoms with E-state index >= 15 is 0 Å². The zero-order chi connectivity index (χ0) is 20.1. The van der Waals surface area contributed by atoms with Crippen LogP contribution in [0.25, 0.3) is 0 Å². The third-order valence-electron chi connectivity index (χ3n) is 4.20. The van der Waals surface area contributed by atoms with Crippen LogP contribution < -0.4 is 10.1 Å². The first-order chi connectivity index (χ1) is 13.5. The highest BCUT2D eigenvalue weighted by Gasteiger charge is 2.16. The van der Waals surface area contributed by atoms with E-state index in [4.69, 9.17) is 16.3 Å². The summed E-state index contributed by atoms with van der Waals surface area (Å²) in [6, 6.07) is 18.6. The van der Waals surface area contributed by atoms with Crippen LogP contribution in [-0.4, -0.2) is 10.8 Å². The lowest BCUT2D eigenvalue weighted by atomic mass is 10.1. The molecular formula is C21H17ClN2O4. The Morgan fingerprint density at radius 2 is 1.86 bits per heavy atom. The van der Waals surface area contributed by atoms with Gasteiger partial charge in [-0.1, -0.05) is 41.9 Å². The van der Waals surface area contributed by atoms with Crippen molar-refractivity contribution in [1.82, 2.24) is 0 Å². The lowest BCUT2D eigenvalue weighted by Gasteiger charge is -2.11. The van der Waals surface area contributed by atoms with Gasteiger partial charge in [0.15, 0.2) is 0 Å². The van der Waals surface area contributed by atoms with Crippen molar-refractivity contribution in [2.24, 2.45) is 0 Å². The first kappa shape index (κ1) is 19.4. The SMILES string of the molecule is Cc1c(NC(=O)c2cccc(OCc3ccccc3Cl)c2)cccc1[N+](=O)[O-]. The predicted octanol–water partition coefficient (Wildman–Crippen LogP) is 5.39. The van der Waals surface area contributed by atoms with Crippen LogP contribution in [0.4, 0.5) is 11.4 Å². The number of carbonyl (C=O) groups excluding carboxylic acids is 1. The minimum atomic E-state index is -0.478. The summed E-state index contributed by atoms with van der Waals surface area (Å²) in [6.45, 7) is 1.87. The molecule has 0 saturated carbocycles. The molecule has 1 amide bonds. The molecule has 6 nitrogen and oxygen atoms in total. The number of anilines is 1. The Hall–Kier alpha value is -3.38. The van der Waals surface area contributed by atoms with E-state index in [0.29, 0.717) is 27.6 Å². The van der Waals surface area contributed by atoms with Gasteiger partial charge in [0.1, 0.15) is 12.4 Å². The molecule has 0 spiro atoms. The molecule has 0 unspecified atom stereocenters. The summed E-state index contributed by atoms with van der Waals surface area (Å²) in [6.07, 6.45) is 0. The van der Waals surface area contributed by atoms with Crippen molar-refractivity contribution in [3.05, 3.63) is 98.6 Å². The molecule has 3 aromatic rings. The van der Waals surface area contributed by atoms with Gasteiger partial charge in [0.05, 0.1) is 16.2 Å². The van der Waals surface area contributed by atoms with Crippen LogP contribution in [0.1, 0.15) is 21.5 Å². The fraction of sp³-hybridized carbons (Fsp3) is 0.0952. The minimum Gasteiger partial charge on any atom is -0.489 e. The van der Waals surface area contributed by atoms with Gasteiger partial charge in [0.2, 0.25) is 0 Å². The lowest BCUT2D eigenvalue weighted by Crippen LogP contribution is -2.13. The molecule has 0 bridgehead atoms. The van der Waals surface area contributed by atoms with Crippen molar-refractivity contribution < 1.29 is 14.5 Å². The topological polar surface area (TPSA) is 81.5 Å². The summed E-state index contributed by atoms with van der Waals surface area (Å²) in [5.74, 6) is 0.134. The molecule has 0 radical (unpaired) electrons. The summed E-state index contributed by atoms with van der Waals surface area (Å²) in [5.41, 5.74) is 1.96. The van der Waals surface area contributed by atoms with Crippen molar-refractivity contribution in [3.63, 3.8) is 0 Å². The number of hydrogen-bond acceptors (Lipinski definition) is 4. The van der Waals surface area contributed by atoms with E-state index in [9.17, 15) is 14.9 Å². The van der Waals surface area contributed by atoms with Gasteiger partial charge >= 0.3 is 0 Å². The van der Waals surface area contributed by atoms with Gasteiger partial charge in [0, 0.05) is 22.2 Å². The maximum Gasteiger partial charge on any atom is 0.274 e. The summed E-state index contributed by atoms with van der Waals surface area (Å²) >= 11 is 6.12. The van der Waals surface area contributed by atoms with Gasteiger partial charge < -0.3 is 10.1 Å². The second-order valence-electron chi connectivity index (χ2n) is 6.07. The first-order valence-electron chi connectivity index (χ1n) is 8.47. The van der Waals surface area contributed by atoms with Crippen LogP contribution in [0, 0.1) is 17.0 Å². The quantitative estimate of drug-likeness (QED) is 0.447. The Labute approximate surface area is 166 Å². The van der Waals surface area contributed by atoms with E-state index in [0.717, 1.165) is 5.56 Å². The average Bonchev–Trinajstić information content (AvgIpc) is 2.69. The summed E-state index contributed by atoms with van der Waals surface area (Å²) in [7, 11) is 0. The van der Waals surface area contributed by atoms with Crippen LogP contribution in [0.15, 0.2) is 66.7 Å². The zero-order valence-corrected chi connectivity index (χ0v) is 15.8. The van der Waals surface area contributed by atoms with Gasteiger partial charge in [-0.25, -0.2) is 0 Å². The molecule has 0 heterocycles. The standard InChI is InChI=1S/C21H17ClN2O4/c1-14-19(10-5-11-20(14)24(26)27)23-21(25)15-7-4-8-17(12-15)28-13-16-6-2-3-9-18(16)22/h2-12H,13H2,1H3,(H,23,25). The molecule has 3 rings (SSSR count). The number of nitrogens with one attached hydrogen (secondary N) is 1. The molecular weight excluding hydrogens is 380 g/mol. The number of amides is 1. The largest absolute Gasteiger partial charge is 0.489 e. The molecule has 142 valence electrons. The number of rotatable bonds is 6. The molecule has 0 saturated heterocycles. The number of nitro groups is 1. The van der Waals surface area contributed by atoms with Crippen molar-refractivity contribution in [3.8, 4) is 5.75 Å². The van der Waals surface area contributed by atoms with Crippen LogP contribution >= 0.6 is 11.6 Å². The highest BCUT2D eigenvalue weighted by molar-refractivity contribution is 6.31. The lowest BCUT2D eigenvalue weighted by molar-refractivity contribution is -0.385. The Bertz CT molecular complexity index is 1040. The van der Waals surface area contributed by atoms with E-state index in [2.05, 4.69) is 5.32 Å². The number of ether oxygens (including phenoxy) is 1. The second kappa shape index (κ2) is 8.54. The van der Waals surface area contributed by atoms with Gasteiger partial charge in [-0.05, 0) is 37.3 Å². The van der Waals surface area contributed by atoms with Crippen LogP contribution in [-0.2, 0) is 6.61 Å². The third-order valence-corrected chi connectivity index (χ3v) is 4.57. The smallest absolute Gasteiger partial charge is 0.274 e. The minimum absolute atomic E-state index is 0.0466.